The molecule has 0 aliphatic heterocycles. The fourth-order valence-corrected chi connectivity index (χ4v) is 1.33. The summed E-state index contributed by atoms with van der Waals surface area (Å²) in [7, 11) is 1.27. The first-order chi connectivity index (χ1) is 7.60. The Morgan fingerprint density at radius 2 is 2.31 bits per heavy atom. The van der Waals surface area contributed by atoms with E-state index in [0.717, 1.165) is 0 Å². The highest BCUT2D eigenvalue weighted by Crippen LogP contribution is 2.19. The normalized spacial score (nSPS) is 9.56. The van der Waals surface area contributed by atoms with Crippen LogP contribution in [0.25, 0.3) is 0 Å². The molecule has 0 fully saturated rings. The van der Waals surface area contributed by atoms with Crippen molar-refractivity contribution < 1.29 is 14.5 Å². The van der Waals surface area contributed by atoms with Gasteiger partial charge in [0, 0.05) is 12.1 Å². The van der Waals surface area contributed by atoms with Gasteiger partial charge in [-0.1, -0.05) is 6.08 Å². The minimum Gasteiger partial charge on any atom is -0.465 e. The molecular formula is C11H11NO4. The zero-order valence-corrected chi connectivity index (χ0v) is 8.80. The van der Waals surface area contributed by atoms with Crippen molar-refractivity contribution in [2.24, 2.45) is 0 Å². The van der Waals surface area contributed by atoms with Crippen LogP contribution in [-0.4, -0.2) is 18.0 Å². The van der Waals surface area contributed by atoms with E-state index < -0.39 is 10.9 Å². The van der Waals surface area contributed by atoms with Crippen LogP contribution in [0.1, 0.15) is 15.9 Å². The van der Waals surface area contributed by atoms with E-state index in [1.165, 1.54) is 25.3 Å². The van der Waals surface area contributed by atoms with E-state index in [4.69, 9.17) is 0 Å². The molecule has 0 N–H and O–H groups in total. The number of carbonyl (C=O) groups excluding carboxylic acids is 1. The van der Waals surface area contributed by atoms with Crippen molar-refractivity contribution in [2.75, 3.05) is 7.11 Å². The summed E-state index contributed by atoms with van der Waals surface area (Å²) in [6, 6.07) is 4.02. The number of nitro groups is 1. The number of hydrogen-bond donors (Lipinski definition) is 0. The third-order valence-corrected chi connectivity index (χ3v) is 2.07. The molecule has 0 amide bonds. The number of ether oxygens (including phenoxy) is 1. The van der Waals surface area contributed by atoms with E-state index >= 15 is 0 Å². The van der Waals surface area contributed by atoms with E-state index in [1.807, 2.05) is 0 Å². The molecule has 0 bridgehead atoms. The number of nitro benzene ring substituents is 1. The van der Waals surface area contributed by atoms with Crippen LogP contribution in [-0.2, 0) is 11.2 Å². The van der Waals surface area contributed by atoms with Gasteiger partial charge in [-0.3, -0.25) is 10.1 Å². The number of rotatable bonds is 4. The third-order valence-electron chi connectivity index (χ3n) is 2.07. The molecule has 1 rings (SSSR count). The van der Waals surface area contributed by atoms with Crippen molar-refractivity contribution in [3.63, 3.8) is 0 Å². The first-order valence-corrected chi connectivity index (χ1v) is 4.56. The molecule has 5 nitrogen and oxygen atoms in total. The predicted octanol–water partition coefficient (Wildman–Crippen LogP) is 2.11. The largest absolute Gasteiger partial charge is 0.465 e. The van der Waals surface area contributed by atoms with Gasteiger partial charge in [-0.05, 0) is 18.1 Å². The highest BCUT2D eigenvalue weighted by molar-refractivity contribution is 5.91. The van der Waals surface area contributed by atoms with Crippen LogP contribution in [0.3, 0.4) is 0 Å². The Balaban J connectivity index is 3.23. The van der Waals surface area contributed by atoms with Gasteiger partial charge in [0.2, 0.25) is 0 Å². The summed E-state index contributed by atoms with van der Waals surface area (Å²) in [5.41, 5.74) is 0.813. The highest BCUT2D eigenvalue weighted by atomic mass is 16.6. The van der Waals surface area contributed by atoms with Crippen molar-refractivity contribution in [1.29, 1.82) is 0 Å². The quantitative estimate of drug-likeness (QED) is 0.338. The van der Waals surface area contributed by atoms with Gasteiger partial charge in [0.25, 0.3) is 5.69 Å². The van der Waals surface area contributed by atoms with Crippen LogP contribution >= 0.6 is 0 Å². The maximum Gasteiger partial charge on any atom is 0.338 e. The molecule has 0 aliphatic rings. The van der Waals surface area contributed by atoms with Gasteiger partial charge in [0.1, 0.15) is 0 Å². The molecule has 0 saturated heterocycles. The smallest absolute Gasteiger partial charge is 0.338 e. The number of methoxy groups -OCH3 is 1. The molecule has 5 heteroatoms. The van der Waals surface area contributed by atoms with Gasteiger partial charge in [-0.25, -0.2) is 4.79 Å². The lowest BCUT2D eigenvalue weighted by Gasteiger charge is -2.05. The number of esters is 1. The van der Waals surface area contributed by atoms with Gasteiger partial charge in [0.15, 0.2) is 0 Å². The van der Waals surface area contributed by atoms with Crippen molar-refractivity contribution >= 4 is 11.7 Å². The minimum atomic E-state index is -0.508. The fraction of sp³-hybridized carbons (Fsp3) is 0.182. The highest BCUT2D eigenvalue weighted by Gasteiger charge is 2.15. The van der Waals surface area contributed by atoms with Crippen molar-refractivity contribution in [3.8, 4) is 0 Å². The molecule has 0 atom stereocenters. The maximum absolute atomic E-state index is 11.4. The first kappa shape index (κ1) is 11.9. The van der Waals surface area contributed by atoms with Crippen molar-refractivity contribution in [3.05, 3.63) is 52.1 Å². The molecule has 1 aromatic rings. The lowest BCUT2D eigenvalue weighted by atomic mass is 10.0. The molecule has 0 aromatic heterocycles. The summed E-state index contributed by atoms with van der Waals surface area (Å²) in [5.74, 6) is -0.508. The Kier molecular flexibility index (Phi) is 3.77. The topological polar surface area (TPSA) is 69.4 Å². The van der Waals surface area contributed by atoms with Crippen LogP contribution in [0.5, 0.6) is 0 Å². The molecular weight excluding hydrogens is 210 g/mol. The molecule has 16 heavy (non-hydrogen) atoms. The number of hydrogen-bond acceptors (Lipinski definition) is 4. The molecule has 84 valence electrons. The maximum atomic E-state index is 11.4. The van der Waals surface area contributed by atoms with Gasteiger partial charge in [-0.15, -0.1) is 6.58 Å². The molecule has 0 unspecified atom stereocenters. The molecule has 0 saturated carbocycles. The standard InChI is InChI=1S/C11H11NO4/c1-3-4-8-7-9(12(14)15)5-6-10(8)11(13)16-2/h3,5-7H,1,4H2,2H3. The summed E-state index contributed by atoms with van der Waals surface area (Å²) in [6.07, 6.45) is 1.96. The Bertz CT molecular complexity index is 440. The lowest BCUT2D eigenvalue weighted by Crippen LogP contribution is -2.06. The molecule has 0 spiro atoms. The Morgan fingerprint density at radius 1 is 1.62 bits per heavy atom. The minimum absolute atomic E-state index is 0.0514. The van der Waals surface area contributed by atoms with Crippen LogP contribution in [0.4, 0.5) is 5.69 Å². The zero-order valence-electron chi connectivity index (χ0n) is 8.80. The second kappa shape index (κ2) is 5.06. The van der Waals surface area contributed by atoms with Crippen LogP contribution in [0.2, 0.25) is 0 Å². The van der Waals surface area contributed by atoms with Crippen LogP contribution in [0.15, 0.2) is 30.9 Å². The lowest BCUT2D eigenvalue weighted by molar-refractivity contribution is -0.384. The van der Waals surface area contributed by atoms with Gasteiger partial charge < -0.3 is 4.74 Å². The average molecular weight is 221 g/mol. The SMILES string of the molecule is C=CCc1cc([N+](=O)[O-])ccc1C(=O)OC. The second-order valence-electron chi connectivity index (χ2n) is 3.08. The molecule has 0 aliphatic carbocycles. The summed E-state index contributed by atoms with van der Waals surface area (Å²) in [6.45, 7) is 3.53. The second-order valence-corrected chi connectivity index (χ2v) is 3.08. The summed E-state index contributed by atoms with van der Waals surface area (Å²) < 4.78 is 4.58. The van der Waals surface area contributed by atoms with E-state index in [-0.39, 0.29) is 5.69 Å². The number of benzene rings is 1. The van der Waals surface area contributed by atoms with Gasteiger partial charge in [-0.2, -0.15) is 0 Å². The zero-order chi connectivity index (χ0) is 12.1. The summed E-state index contributed by atoms with van der Waals surface area (Å²) in [5, 5.41) is 10.6. The molecule has 1 aromatic carbocycles. The monoisotopic (exact) mass is 221 g/mol. The van der Waals surface area contributed by atoms with Gasteiger partial charge >= 0.3 is 5.97 Å². The van der Waals surface area contributed by atoms with E-state index in [2.05, 4.69) is 11.3 Å². The Labute approximate surface area is 92.5 Å². The van der Waals surface area contributed by atoms with Crippen molar-refractivity contribution in [2.45, 2.75) is 6.42 Å². The predicted molar refractivity (Wildman–Crippen MR) is 58.3 cm³/mol. The van der Waals surface area contributed by atoms with E-state index in [0.29, 0.717) is 17.5 Å². The molecule has 0 heterocycles. The Morgan fingerprint density at radius 3 is 2.81 bits per heavy atom. The van der Waals surface area contributed by atoms with E-state index in [9.17, 15) is 14.9 Å². The number of carbonyl (C=O) groups is 1. The number of nitrogens with zero attached hydrogens (tertiary/aromatic N) is 1. The van der Waals surface area contributed by atoms with Crippen LogP contribution in [0, 0.1) is 10.1 Å². The fourth-order valence-electron chi connectivity index (χ4n) is 1.33. The number of allylic oxidation sites excluding steroid dienone is 1. The average Bonchev–Trinajstić information content (AvgIpc) is 2.28. The summed E-state index contributed by atoms with van der Waals surface area (Å²) in [4.78, 5) is 21.4. The summed E-state index contributed by atoms with van der Waals surface area (Å²) >= 11 is 0. The first-order valence-electron chi connectivity index (χ1n) is 4.56. The van der Waals surface area contributed by atoms with E-state index in [1.54, 1.807) is 6.08 Å². The Hall–Kier alpha value is -2.17. The number of non-ortho nitro benzene ring substituents is 1. The van der Waals surface area contributed by atoms with Crippen molar-refractivity contribution in [1.82, 2.24) is 0 Å². The van der Waals surface area contributed by atoms with Gasteiger partial charge in [0.05, 0.1) is 17.6 Å². The molecule has 0 radical (unpaired) electrons. The van der Waals surface area contributed by atoms with Crippen LogP contribution < -0.4 is 0 Å². The third kappa shape index (κ3) is 2.44.